The summed E-state index contributed by atoms with van der Waals surface area (Å²) in [7, 11) is -4.05. The number of benzene rings is 3. The quantitative estimate of drug-likeness (QED) is 0.239. The van der Waals surface area contributed by atoms with E-state index >= 15 is 0 Å². The first-order valence-corrected chi connectivity index (χ1v) is 15.1. The van der Waals surface area contributed by atoms with Gasteiger partial charge in [-0.05, 0) is 37.0 Å². The minimum absolute atomic E-state index is 0.0281. The van der Waals surface area contributed by atoms with Crippen molar-refractivity contribution in [3.05, 3.63) is 105 Å². The third-order valence-corrected chi connectivity index (χ3v) is 7.77. The van der Waals surface area contributed by atoms with Crippen molar-refractivity contribution in [1.82, 2.24) is 10.2 Å². The van der Waals surface area contributed by atoms with Crippen molar-refractivity contribution in [2.24, 2.45) is 0 Å². The Labute approximate surface area is 241 Å². The monoisotopic (exact) mass is 580 g/mol. The van der Waals surface area contributed by atoms with Crippen molar-refractivity contribution < 1.29 is 22.9 Å². The number of carbonyl (C=O) groups excluding carboxylic acids is 2. The Kier molecular flexibility index (Phi) is 10.6. The lowest BCUT2D eigenvalue weighted by Crippen LogP contribution is -2.53. The van der Waals surface area contributed by atoms with Crippen LogP contribution in [0.1, 0.15) is 35.6 Å². The minimum atomic E-state index is -4.05. The largest absolute Gasteiger partial charge is 0.354 e. The summed E-state index contributed by atoms with van der Waals surface area (Å²) in [4.78, 5) is 39.8. The second-order valence-corrected chi connectivity index (χ2v) is 11.9. The molecule has 10 nitrogen and oxygen atoms in total. The lowest BCUT2D eigenvalue weighted by molar-refractivity contribution is -0.384. The van der Waals surface area contributed by atoms with Crippen LogP contribution in [-0.4, -0.2) is 55.4 Å². The van der Waals surface area contributed by atoms with Gasteiger partial charge in [-0.3, -0.25) is 24.0 Å². The number of sulfonamides is 1. The van der Waals surface area contributed by atoms with E-state index < -0.39 is 33.4 Å². The van der Waals surface area contributed by atoms with E-state index in [1.165, 1.54) is 17.0 Å². The van der Waals surface area contributed by atoms with Crippen molar-refractivity contribution in [2.45, 2.75) is 46.2 Å². The summed E-state index contributed by atoms with van der Waals surface area (Å²) in [5.74, 6) is -0.969. The van der Waals surface area contributed by atoms with Crippen LogP contribution in [0.4, 0.5) is 11.4 Å². The molecular formula is C30H36N4O6S. The smallest absolute Gasteiger partial charge is 0.271 e. The molecule has 0 fully saturated rings. The number of nitro groups is 1. The zero-order valence-electron chi connectivity index (χ0n) is 23.7. The maximum absolute atomic E-state index is 14.1. The Morgan fingerprint density at radius 1 is 0.976 bits per heavy atom. The Bertz CT molecular complexity index is 1480. The SMILES string of the molecule is CCCNC(=O)[C@H](Cc1ccccc1)N(Cc1ccc(C)cc1)C(=O)CN(c1cc([N+](=O)[O-])ccc1C)S(C)(=O)=O. The molecule has 218 valence electrons. The summed E-state index contributed by atoms with van der Waals surface area (Å²) >= 11 is 0. The second-order valence-electron chi connectivity index (χ2n) is 10.0. The topological polar surface area (TPSA) is 130 Å². The molecule has 0 saturated carbocycles. The van der Waals surface area contributed by atoms with E-state index in [-0.39, 0.29) is 30.2 Å². The summed E-state index contributed by atoms with van der Waals surface area (Å²) in [6, 6.07) is 19.7. The number of nitro benzene ring substituents is 1. The van der Waals surface area contributed by atoms with E-state index in [2.05, 4.69) is 5.32 Å². The predicted octanol–water partition coefficient (Wildman–Crippen LogP) is 4.14. The fourth-order valence-electron chi connectivity index (χ4n) is 4.38. The van der Waals surface area contributed by atoms with E-state index in [9.17, 15) is 28.1 Å². The molecule has 0 aromatic heterocycles. The van der Waals surface area contributed by atoms with Crippen molar-refractivity contribution in [3.63, 3.8) is 0 Å². The van der Waals surface area contributed by atoms with Crippen molar-refractivity contribution in [3.8, 4) is 0 Å². The van der Waals surface area contributed by atoms with Gasteiger partial charge in [-0.25, -0.2) is 8.42 Å². The molecule has 0 unspecified atom stereocenters. The van der Waals surface area contributed by atoms with Crippen molar-refractivity contribution in [1.29, 1.82) is 0 Å². The lowest BCUT2D eigenvalue weighted by Gasteiger charge is -2.33. The average Bonchev–Trinajstić information content (AvgIpc) is 2.93. The molecule has 0 spiro atoms. The highest BCUT2D eigenvalue weighted by Crippen LogP contribution is 2.28. The number of aryl methyl sites for hydroxylation is 2. The van der Waals surface area contributed by atoms with Gasteiger partial charge in [0.15, 0.2) is 0 Å². The molecule has 3 aromatic carbocycles. The number of anilines is 1. The van der Waals surface area contributed by atoms with Crippen LogP contribution in [0.5, 0.6) is 0 Å². The minimum Gasteiger partial charge on any atom is -0.354 e. The standard InChI is InChI=1S/C30H36N4O6S/c1-5-17-31-30(36)28(18-24-9-7-6-8-10-24)32(20-25-14-11-22(2)12-15-25)29(35)21-33(41(4,39)40)27-19-26(34(37)38)16-13-23(27)3/h6-16,19,28H,5,17-18,20-21H2,1-4H3,(H,31,36)/t28-/m0/s1. The Balaban J connectivity index is 2.09. The Hall–Kier alpha value is -4.25. The zero-order chi connectivity index (χ0) is 30.2. The number of hydrogen-bond acceptors (Lipinski definition) is 6. The Morgan fingerprint density at radius 2 is 1.63 bits per heavy atom. The summed E-state index contributed by atoms with van der Waals surface area (Å²) in [6.07, 6.45) is 1.85. The molecule has 0 aliphatic rings. The molecule has 41 heavy (non-hydrogen) atoms. The normalized spacial score (nSPS) is 11.9. The molecule has 0 radical (unpaired) electrons. The van der Waals surface area contributed by atoms with Gasteiger partial charge < -0.3 is 10.2 Å². The van der Waals surface area contributed by atoms with Crippen LogP contribution in [0.25, 0.3) is 0 Å². The predicted molar refractivity (Wildman–Crippen MR) is 159 cm³/mol. The van der Waals surface area contributed by atoms with Gasteiger partial charge in [-0.2, -0.15) is 0 Å². The van der Waals surface area contributed by atoms with Crippen LogP contribution < -0.4 is 9.62 Å². The third-order valence-electron chi connectivity index (χ3n) is 6.65. The van der Waals surface area contributed by atoms with Gasteiger partial charge in [0.05, 0.1) is 16.9 Å². The molecule has 0 heterocycles. The first-order valence-electron chi connectivity index (χ1n) is 13.3. The van der Waals surface area contributed by atoms with Gasteiger partial charge in [0.25, 0.3) is 5.69 Å². The molecule has 1 N–H and O–H groups in total. The molecule has 0 aliphatic heterocycles. The number of rotatable bonds is 13. The molecule has 0 bridgehead atoms. The fraction of sp³-hybridized carbons (Fsp3) is 0.333. The first kappa shape index (κ1) is 31.3. The zero-order valence-corrected chi connectivity index (χ0v) is 24.6. The highest BCUT2D eigenvalue weighted by molar-refractivity contribution is 7.92. The number of nitrogens with one attached hydrogen (secondary N) is 1. The molecule has 2 amide bonds. The van der Waals surface area contributed by atoms with Crippen LogP contribution in [0, 0.1) is 24.0 Å². The van der Waals surface area contributed by atoms with Gasteiger partial charge in [-0.1, -0.05) is 73.2 Å². The molecule has 1 atom stereocenters. The number of non-ortho nitro benzene ring substituents is 1. The highest BCUT2D eigenvalue weighted by atomic mass is 32.2. The summed E-state index contributed by atoms with van der Waals surface area (Å²) in [6.45, 7) is 5.31. The van der Waals surface area contributed by atoms with Gasteiger partial charge >= 0.3 is 0 Å². The number of nitrogens with zero attached hydrogens (tertiary/aromatic N) is 3. The molecular weight excluding hydrogens is 544 g/mol. The third kappa shape index (κ3) is 8.62. The van der Waals surface area contributed by atoms with Crippen LogP contribution in [-0.2, 0) is 32.6 Å². The van der Waals surface area contributed by atoms with Gasteiger partial charge in [0.1, 0.15) is 12.6 Å². The van der Waals surface area contributed by atoms with Gasteiger partial charge in [0.2, 0.25) is 21.8 Å². The summed E-state index contributed by atoms with van der Waals surface area (Å²) in [5.41, 5.74) is 2.80. The molecule has 11 heteroatoms. The Morgan fingerprint density at radius 3 is 2.22 bits per heavy atom. The van der Waals surface area contributed by atoms with E-state index in [0.717, 1.165) is 33.3 Å². The van der Waals surface area contributed by atoms with E-state index in [0.29, 0.717) is 18.5 Å². The maximum Gasteiger partial charge on any atom is 0.271 e. The van der Waals surface area contributed by atoms with Gasteiger partial charge in [-0.15, -0.1) is 0 Å². The second kappa shape index (κ2) is 13.9. The number of amides is 2. The molecule has 0 aliphatic carbocycles. The van der Waals surface area contributed by atoms with E-state index in [1.54, 1.807) is 6.92 Å². The fourth-order valence-corrected chi connectivity index (χ4v) is 5.28. The van der Waals surface area contributed by atoms with Crippen molar-refractivity contribution in [2.75, 3.05) is 23.7 Å². The maximum atomic E-state index is 14.1. The van der Waals surface area contributed by atoms with Crippen LogP contribution >= 0.6 is 0 Å². The average molecular weight is 581 g/mol. The molecule has 3 aromatic rings. The van der Waals surface area contributed by atoms with E-state index in [1.807, 2.05) is 68.4 Å². The number of hydrogen-bond donors (Lipinski definition) is 1. The number of carbonyl (C=O) groups is 2. The van der Waals surface area contributed by atoms with E-state index in [4.69, 9.17) is 0 Å². The van der Waals surface area contributed by atoms with Crippen molar-refractivity contribution >= 4 is 33.2 Å². The van der Waals surface area contributed by atoms with Crippen LogP contribution in [0.15, 0.2) is 72.8 Å². The lowest BCUT2D eigenvalue weighted by atomic mass is 10.0. The summed E-state index contributed by atoms with van der Waals surface area (Å²) < 4.78 is 26.8. The first-order chi connectivity index (χ1) is 19.4. The van der Waals surface area contributed by atoms with Crippen LogP contribution in [0.2, 0.25) is 0 Å². The van der Waals surface area contributed by atoms with Crippen LogP contribution in [0.3, 0.4) is 0 Å². The molecule has 3 rings (SSSR count). The highest BCUT2D eigenvalue weighted by Gasteiger charge is 2.33. The molecule has 0 saturated heterocycles. The summed E-state index contributed by atoms with van der Waals surface area (Å²) in [5, 5.41) is 14.3. The van der Waals surface area contributed by atoms with Gasteiger partial charge in [0, 0.05) is 31.6 Å².